The van der Waals surface area contributed by atoms with E-state index in [1.165, 1.54) is 96.3 Å². The molecular formula is C65H117N3O26. The predicted molar refractivity (Wildman–Crippen MR) is 336 cm³/mol. The molecule has 0 aromatic carbocycles. The van der Waals surface area contributed by atoms with Crippen LogP contribution in [0.25, 0.3) is 0 Å². The Morgan fingerprint density at radius 1 is 0.553 bits per heavy atom. The van der Waals surface area contributed by atoms with E-state index in [1.807, 2.05) is 6.08 Å². The predicted octanol–water partition coefficient (Wildman–Crippen LogP) is 0.353. The number of allylic oxidation sites excluding steroid dienone is 1. The van der Waals surface area contributed by atoms with Gasteiger partial charge in [0.15, 0.2) is 18.9 Å². The first-order valence-corrected chi connectivity index (χ1v) is 34.6. The number of aliphatic carboxylic acids is 1. The van der Waals surface area contributed by atoms with Crippen LogP contribution in [0.5, 0.6) is 0 Å². The largest absolute Gasteiger partial charge is 0.477 e. The zero-order valence-electron chi connectivity index (χ0n) is 55.6. The Kier molecular flexibility index (Phi) is 39.6. The third-order valence-corrected chi connectivity index (χ3v) is 18.0. The maximum absolute atomic E-state index is 13.6. The average Bonchev–Trinajstić information content (AvgIpc) is 0.755. The smallest absolute Gasteiger partial charge is 0.364 e. The van der Waals surface area contributed by atoms with Crippen LogP contribution in [-0.4, -0.2) is 269 Å². The van der Waals surface area contributed by atoms with Crippen molar-refractivity contribution in [3.05, 3.63) is 12.2 Å². The van der Waals surface area contributed by atoms with Crippen LogP contribution >= 0.6 is 0 Å². The number of carbonyl (C=O) groups is 4. The second kappa shape index (κ2) is 44.7. The lowest BCUT2D eigenvalue weighted by Crippen LogP contribution is -2.72. The summed E-state index contributed by atoms with van der Waals surface area (Å²) in [6, 6.07) is -4.52. The van der Waals surface area contributed by atoms with Crippen molar-refractivity contribution in [2.75, 3.05) is 33.0 Å². The van der Waals surface area contributed by atoms with E-state index in [9.17, 15) is 90.7 Å². The monoisotopic (exact) mass is 1360 g/mol. The molecule has 3 amide bonds. The van der Waals surface area contributed by atoms with Crippen LogP contribution in [0, 0.1) is 0 Å². The minimum atomic E-state index is -3.28. The van der Waals surface area contributed by atoms with Gasteiger partial charge >= 0.3 is 5.97 Å². The van der Waals surface area contributed by atoms with E-state index >= 15 is 0 Å². The molecule has 29 heteroatoms. The molecule has 0 spiro atoms. The fraction of sp³-hybridized carbons (Fsp3) is 0.908. The summed E-state index contributed by atoms with van der Waals surface area (Å²) in [6.07, 6.45) is -7.38. The molecule has 17 N–H and O–H groups in total. The zero-order valence-corrected chi connectivity index (χ0v) is 55.6. The number of nitrogens with one attached hydrogen (secondary N) is 3. The molecule has 548 valence electrons. The first kappa shape index (κ1) is 83.2. The lowest BCUT2D eigenvalue weighted by atomic mass is 9.88. The molecule has 94 heavy (non-hydrogen) atoms. The van der Waals surface area contributed by atoms with E-state index in [0.29, 0.717) is 12.8 Å². The van der Waals surface area contributed by atoms with Crippen LogP contribution in [0.4, 0.5) is 0 Å². The Labute approximate surface area is 553 Å². The van der Waals surface area contributed by atoms with Crippen LogP contribution < -0.4 is 16.0 Å². The van der Waals surface area contributed by atoms with Gasteiger partial charge in [-0.3, -0.25) is 14.4 Å². The van der Waals surface area contributed by atoms with Gasteiger partial charge in [-0.2, -0.15) is 0 Å². The fourth-order valence-electron chi connectivity index (χ4n) is 12.5. The molecule has 0 aliphatic carbocycles. The Balaban J connectivity index is 1.56. The van der Waals surface area contributed by atoms with Crippen molar-refractivity contribution in [3.63, 3.8) is 0 Å². The molecule has 4 aliphatic heterocycles. The number of hydrogen-bond acceptors (Lipinski definition) is 25. The van der Waals surface area contributed by atoms with Gasteiger partial charge in [0, 0.05) is 26.7 Å². The number of carbonyl (C=O) groups excluding carboxylic acids is 3. The van der Waals surface area contributed by atoms with Crippen molar-refractivity contribution in [3.8, 4) is 0 Å². The first-order chi connectivity index (χ1) is 45.0. The summed E-state index contributed by atoms with van der Waals surface area (Å²) >= 11 is 0. The minimum absolute atomic E-state index is 0.161. The Bertz CT molecular complexity index is 2140. The third-order valence-electron chi connectivity index (χ3n) is 18.0. The molecule has 4 aliphatic rings. The van der Waals surface area contributed by atoms with Crippen molar-refractivity contribution in [1.82, 2.24) is 16.0 Å². The highest BCUT2D eigenvalue weighted by molar-refractivity contribution is 5.77. The molecule has 29 nitrogen and oxygen atoms in total. The molecule has 4 rings (SSSR count). The molecule has 0 bridgehead atoms. The van der Waals surface area contributed by atoms with Crippen LogP contribution in [-0.2, 0) is 57.1 Å². The SMILES string of the molecule is CCCCCCCCCCCCC/C=C/[C@@H](O)[C@H](CO[C@@H]1O[C@H](CO)[C@@H](O[C@@H]2O[C@H](CO)[C@H](O[C@@H]3O[C@H](CO)[C@H](O)[C@H](O)[C@H]3NC(C)=O)[C@H](O[C@]3(C(=O)O)C[C@H](O)[C@@H](NC(C)=O)[C@H]([C@H](O)[C@H](O)CO)O3)[C@H]2O)[C@H](O)[C@H]1O)NC(=O)CCCCCCCCCCCCCCC. The summed E-state index contributed by atoms with van der Waals surface area (Å²) in [5.74, 6) is -7.37. The number of aliphatic hydroxyl groups is 13. The Morgan fingerprint density at radius 3 is 1.54 bits per heavy atom. The quantitative estimate of drug-likeness (QED) is 0.0289. The van der Waals surface area contributed by atoms with Crippen molar-refractivity contribution in [2.45, 2.75) is 342 Å². The molecule has 0 unspecified atom stereocenters. The van der Waals surface area contributed by atoms with Crippen molar-refractivity contribution in [1.29, 1.82) is 0 Å². The standard InChI is InChI=1S/C65H117N3O26/c1-5-7-9-11-13-15-17-19-21-23-25-27-29-31-42(75)41(68-48(78)32-30-28-26-24-22-20-18-16-14-12-10-8-6-2)38-87-62-55(83)54(82)57(46(36-71)89-62)91-63-56(84)60(58(47(37-72)90-63)92-61-50(67-40(4)74)53(81)52(80)45(35-70)88-61)94-65(64(85)86)33-43(76)49(66-39(3)73)59(93-65)51(79)44(77)34-69/h29,31,41-47,49-63,69-72,75-77,79-84H,5-28,30,32-38H2,1-4H3,(H,66,73)(H,67,74)(H,68,78)(H,85,86)/b31-29+/t41-,42+,43-,44+,45+,46+,47+,49+,50+,51+,52-,53+,54+,55+,56+,57+,58-,59+,60+,61-,62+,63-,65-/m0/s1. The van der Waals surface area contributed by atoms with Crippen LogP contribution in [0.15, 0.2) is 12.2 Å². The van der Waals surface area contributed by atoms with E-state index in [2.05, 4.69) is 29.8 Å². The van der Waals surface area contributed by atoms with Crippen LogP contribution in [0.1, 0.15) is 201 Å². The number of unbranched alkanes of at least 4 members (excludes halogenated alkanes) is 23. The molecule has 0 aromatic rings. The van der Waals surface area contributed by atoms with E-state index in [0.717, 1.165) is 65.2 Å². The summed E-state index contributed by atoms with van der Waals surface area (Å²) in [7, 11) is 0. The molecule has 23 atom stereocenters. The summed E-state index contributed by atoms with van der Waals surface area (Å²) in [4.78, 5) is 51.8. The van der Waals surface area contributed by atoms with Crippen molar-refractivity contribution in [2.24, 2.45) is 0 Å². The average molecular weight is 1360 g/mol. The van der Waals surface area contributed by atoms with Gasteiger partial charge in [0.25, 0.3) is 5.79 Å². The molecule has 0 saturated carbocycles. The lowest BCUT2D eigenvalue weighted by molar-refractivity contribution is -0.401. The number of aliphatic hydroxyl groups excluding tert-OH is 13. The fourth-order valence-corrected chi connectivity index (χ4v) is 12.5. The molecule has 0 aromatic heterocycles. The molecule has 4 fully saturated rings. The normalized spacial score (nSPS) is 32.8. The Hall–Kier alpha value is -3.22. The molecule has 4 saturated heterocycles. The maximum Gasteiger partial charge on any atom is 0.364 e. The number of carboxylic acids is 1. The van der Waals surface area contributed by atoms with Gasteiger partial charge in [0.05, 0.1) is 57.3 Å². The van der Waals surface area contributed by atoms with E-state index in [-0.39, 0.29) is 12.3 Å². The highest BCUT2D eigenvalue weighted by Crippen LogP contribution is 2.40. The van der Waals surface area contributed by atoms with Gasteiger partial charge < -0.3 is 125 Å². The topological polar surface area (TPSA) is 461 Å². The number of rotatable bonds is 47. The maximum atomic E-state index is 13.6. The number of ether oxygens (including phenoxy) is 8. The number of amides is 3. The third kappa shape index (κ3) is 26.5. The summed E-state index contributed by atoms with van der Waals surface area (Å²) in [5.41, 5.74) is 0. The van der Waals surface area contributed by atoms with Crippen molar-refractivity contribution < 1.29 is 129 Å². The first-order valence-electron chi connectivity index (χ1n) is 34.6. The lowest BCUT2D eigenvalue weighted by Gasteiger charge is -2.52. The van der Waals surface area contributed by atoms with Gasteiger partial charge in [-0.15, -0.1) is 0 Å². The van der Waals surface area contributed by atoms with E-state index < -0.39 is 198 Å². The summed E-state index contributed by atoms with van der Waals surface area (Å²) in [5, 5.41) is 163. The second-order valence-corrected chi connectivity index (χ2v) is 25.8. The molecule has 4 heterocycles. The van der Waals surface area contributed by atoms with Crippen LogP contribution in [0.2, 0.25) is 0 Å². The van der Waals surface area contributed by atoms with E-state index in [1.54, 1.807) is 6.08 Å². The van der Waals surface area contributed by atoms with Gasteiger partial charge in [-0.05, 0) is 19.3 Å². The zero-order chi connectivity index (χ0) is 69.3. The van der Waals surface area contributed by atoms with E-state index in [4.69, 9.17) is 37.9 Å². The highest BCUT2D eigenvalue weighted by atomic mass is 16.8. The van der Waals surface area contributed by atoms with Crippen LogP contribution in [0.3, 0.4) is 0 Å². The summed E-state index contributed by atoms with van der Waals surface area (Å²) < 4.78 is 47.8. The van der Waals surface area contributed by atoms with Gasteiger partial charge in [0.1, 0.15) is 91.5 Å². The van der Waals surface area contributed by atoms with Gasteiger partial charge in [-0.1, -0.05) is 167 Å². The minimum Gasteiger partial charge on any atom is -0.477 e. The molecule has 0 radical (unpaired) electrons. The molecular weight excluding hydrogens is 1240 g/mol. The Morgan fingerprint density at radius 2 is 1.03 bits per heavy atom. The second-order valence-electron chi connectivity index (χ2n) is 25.8. The summed E-state index contributed by atoms with van der Waals surface area (Å²) in [6.45, 7) is 1.71. The van der Waals surface area contributed by atoms with Gasteiger partial charge in [-0.25, -0.2) is 4.79 Å². The number of carboxylic acid groups (broad SMARTS) is 1. The van der Waals surface area contributed by atoms with Gasteiger partial charge in [0.2, 0.25) is 17.7 Å². The van der Waals surface area contributed by atoms with Crippen molar-refractivity contribution >= 4 is 23.7 Å². The number of hydrogen-bond donors (Lipinski definition) is 17. The highest BCUT2D eigenvalue weighted by Gasteiger charge is 2.61.